The van der Waals surface area contributed by atoms with Crippen LogP contribution in [0.25, 0.3) is 0 Å². The molecule has 1 atom stereocenters. The van der Waals surface area contributed by atoms with Crippen molar-refractivity contribution in [2.24, 2.45) is 5.92 Å². The molecule has 2 rings (SSSR count). The molecule has 2 fully saturated rings. The molecule has 2 aliphatic rings. The Bertz CT molecular complexity index is 411. The summed E-state index contributed by atoms with van der Waals surface area (Å²) in [6.07, 6.45) is 1.76. The van der Waals surface area contributed by atoms with Gasteiger partial charge in [-0.25, -0.2) is 4.79 Å². The Morgan fingerprint density at radius 2 is 1.90 bits per heavy atom. The number of carbonyl (C=O) groups excluding carboxylic acids is 2. The molecule has 1 heterocycles. The fourth-order valence-corrected chi connectivity index (χ4v) is 2.24. The molecule has 0 aromatic heterocycles. The Hall–Kier alpha value is -1.83. The molecule has 3 N–H and O–H groups in total. The molecular formula is C13H21N3O5. The fraction of sp³-hybridized carbons (Fsp3) is 0.769. The summed E-state index contributed by atoms with van der Waals surface area (Å²) in [5, 5.41) is 14.3. The smallest absolute Gasteiger partial charge is 0.317 e. The van der Waals surface area contributed by atoms with Crippen LogP contribution in [0.3, 0.4) is 0 Å². The number of nitrogens with zero attached hydrogens (tertiary/aromatic N) is 1. The van der Waals surface area contributed by atoms with Crippen molar-refractivity contribution in [1.82, 2.24) is 15.5 Å². The maximum atomic E-state index is 12.0. The maximum absolute atomic E-state index is 12.0. The lowest BCUT2D eigenvalue weighted by atomic mass is 10.1. The summed E-state index contributed by atoms with van der Waals surface area (Å²) in [5.74, 6) is -0.765. The van der Waals surface area contributed by atoms with Crippen LogP contribution in [0, 0.1) is 5.92 Å². The van der Waals surface area contributed by atoms with E-state index >= 15 is 0 Å². The number of hydrogen-bond donors (Lipinski definition) is 3. The van der Waals surface area contributed by atoms with Crippen LogP contribution in [0.5, 0.6) is 0 Å². The van der Waals surface area contributed by atoms with Gasteiger partial charge in [0.2, 0.25) is 5.91 Å². The third kappa shape index (κ3) is 4.89. The second kappa shape index (κ2) is 7.26. The fourth-order valence-electron chi connectivity index (χ4n) is 2.24. The van der Waals surface area contributed by atoms with Gasteiger partial charge < -0.3 is 25.4 Å². The van der Waals surface area contributed by atoms with Gasteiger partial charge in [0.15, 0.2) is 0 Å². The number of amides is 3. The van der Waals surface area contributed by atoms with Gasteiger partial charge in [-0.2, -0.15) is 0 Å². The molecule has 1 unspecified atom stereocenters. The van der Waals surface area contributed by atoms with Crippen molar-refractivity contribution in [3.05, 3.63) is 0 Å². The van der Waals surface area contributed by atoms with E-state index in [9.17, 15) is 14.4 Å². The van der Waals surface area contributed by atoms with Crippen molar-refractivity contribution in [3.8, 4) is 0 Å². The lowest BCUT2D eigenvalue weighted by Crippen LogP contribution is -2.53. The third-order valence-electron chi connectivity index (χ3n) is 3.55. The average molecular weight is 299 g/mol. The van der Waals surface area contributed by atoms with E-state index in [4.69, 9.17) is 9.84 Å². The molecule has 8 nitrogen and oxygen atoms in total. The quantitative estimate of drug-likeness (QED) is 0.567. The van der Waals surface area contributed by atoms with Crippen LogP contribution in [-0.2, 0) is 14.3 Å². The first-order chi connectivity index (χ1) is 10.1. The summed E-state index contributed by atoms with van der Waals surface area (Å²) in [5.41, 5.74) is 0. The first-order valence-corrected chi connectivity index (χ1v) is 7.19. The summed E-state index contributed by atoms with van der Waals surface area (Å²) in [6.45, 7) is 1.72. The van der Waals surface area contributed by atoms with Crippen molar-refractivity contribution in [3.63, 3.8) is 0 Å². The Balaban J connectivity index is 1.69. The molecule has 118 valence electrons. The molecule has 0 spiro atoms. The van der Waals surface area contributed by atoms with Gasteiger partial charge in [-0.15, -0.1) is 0 Å². The Kier molecular flexibility index (Phi) is 5.38. The highest BCUT2D eigenvalue weighted by Crippen LogP contribution is 2.28. The van der Waals surface area contributed by atoms with Crippen LogP contribution in [0.2, 0.25) is 0 Å². The van der Waals surface area contributed by atoms with Crippen molar-refractivity contribution >= 4 is 17.9 Å². The molecule has 1 aliphatic carbocycles. The standard InChI is InChI=1S/C13H21N3O5/c17-11(18)7-10-8-21-6-5-16(10)13(20)15-4-3-14-12(19)9-1-2-9/h9-10H,1-8H2,(H,14,19)(H,15,20)(H,17,18). The van der Waals surface area contributed by atoms with E-state index in [-0.39, 0.29) is 30.9 Å². The monoisotopic (exact) mass is 299 g/mol. The number of urea groups is 1. The first-order valence-electron chi connectivity index (χ1n) is 7.19. The summed E-state index contributed by atoms with van der Waals surface area (Å²) >= 11 is 0. The Morgan fingerprint density at radius 1 is 1.19 bits per heavy atom. The van der Waals surface area contributed by atoms with Crippen LogP contribution in [0.15, 0.2) is 0 Å². The highest BCUT2D eigenvalue weighted by molar-refractivity contribution is 5.81. The number of carbonyl (C=O) groups is 3. The molecule has 3 amide bonds. The van der Waals surface area contributed by atoms with Gasteiger partial charge in [0.25, 0.3) is 0 Å². The topological polar surface area (TPSA) is 108 Å². The predicted molar refractivity (Wildman–Crippen MR) is 72.7 cm³/mol. The molecule has 21 heavy (non-hydrogen) atoms. The SMILES string of the molecule is O=C(O)CC1COCCN1C(=O)NCCNC(=O)C1CC1. The minimum absolute atomic E-state index is 0.0411. The van der Waals surface area contributed by atoms with Crippen LogP contribution in [0.1, 0.15) is 19.3 Å². The lowest BCUT2D eigenvalue weighted by molar-refractivity contribution is -0.139. The Labute approximate surface area is 122 Å². The molecular weight excluding hydrogens is 278 g/mol. The lowest BCUT2D eigenvalue weighted by Gasteiger charge is -2.34. The van der Waals surface area contributed by atoms with E-state index < -0.39 is 12.0 Å². The van der Waals surface area contributed by atoms with Gasteiger partial charge in [0.1, 0.15) is 0 Å². The predicted octanol–water partition coefficient (Wildman–Crippen LogP) is -0.602. The second-order valence-electron chi connectivity index (χ2n) is 5.32. The highest BCUT2D eigenvalue weighted by atomic mass is 16.5. The van der Waals surface area contributed by atoms with Crippen LogP contribution >= 0.6 is 0 Å². The number of aliphatic carboxylic acids is 1. The van der Waals surface area contributed by atoms with Crippen LogP contribution in [-0.4, -0.2) is 66.8 Å². The summed E-state index contributed by atoms with van der Waals surface area (Å²) in [7, 11) is 0. The van der Waals surface area contributed by atoms with Gasteiger partial charge in [-0.05, 0) is 12.8 Å². The largest absolute Gasteiger partial charge is 0.481 e. The van der Waals surface area contributed by atoms with Gasteiger partial charge in [-0.1, -0.05) is 0 Å². The zero-order chi connectivity index (χ0) is 15.2. The number of rotatable bonds is 6. The summed E-state index contributed by atoms with van der Waals surface area (Å²) in [6, 6.07) is -0.762. The molecule has 0 aromatic carbocycles. The maximum Gasteiger partial charge on any atom is 0.317 e. The Morgan fingerprint density at radius 3 is 2.57 bits per heavy atom. The molecule has 1 saturated heterocycles. The number of ether oxygens (including phenoxy) is 1. The van der Waals surface area contributed by atoms with Crippen LogP contribution in [0.4, 0.5) is 4.79 Å². The van der Waals surface area contributed by atoms with Gasteiger partial charge >= 0.3 is 12.0 Å². The number of carboxylic acids is 1. The molecule has 0 bridgehead atoms. The molecule has 0 radical (unpaired) electrons. The molecule has 1 aliphatic heterocycles. The molecule has 0 aromatic rings. The normalized spacial score (nSPS) is 21.7. The van der Waals surface area contributed by atoms with Gasteiger partial charge in [0.05, 0.1) is 25.7 Å². The summed E-state index contributed by atoms with van der Waals surface area (Å²) in [4.78, 5) is 35.7. The van der Waals surface area contributed by atoms with E-state index in [2.05, 4.69) is 10.6 Å². The molecule has 1 saturated carbocycles. The summed E-state index contributed by atoms with van der Waals surface area (Å²) < 4.78 is 5.21. The zero-order valence-electron chi connectivity index (χ0n) is 11.8. The van der Waals surface area contributed by atoms with Gasteiger partial charge in [0, 0.05) is 25.6 Å². The average Bonchev–Trinajstić information content (AvgIpc) is 3.27. The van der Waals surface area contributed by atoms with E-state index in [1.807, 2.05) is 0 Å². The first kappa shape index (κ1) is 15.6. The number of hydrogen-bond acceptors (Lipinski definition) is 4. The van der Waals surface area contributed by atoms with E-state index in [0.29, 0.717) is 26.2 Å². The second-order valence-corrected chi connectivity index (χ2v) is 5.32. The number of morpholine rings is 1. The van der Waals surface area contributed by atoms with Crippen molar-refractivity contribution in [1.29, 1.82) is 0 Å². The third-order valence-corrected chi connectivity index (χ3v) is 3.55. The van der Waals surface area contributed by atoms with Crippen LogP contribution < -0.4 is 10.6 Å². The van der Waals surface area contributed by atoms with E-state index in [0.717, 1.165) is 12.8 Å². The van der Waals surface area contributed by atoms with Crippen molar-refractivity contribution in [2.75, 3.05) is 32.8 Å². The molecule has 8 heteroatoms. The van der Waals surface area contributed by atoms with Crippen molar-refractivity contribution < 1.29 is 24.2 Å². The number of nitrogens with one attached hydrogen (secondary N) is 2. The minimum Gasteiger partial charge on any atom is -0.481 e. The van der Waals surface area contributed by atoms with Crippen molar-refractivity contribution in [2.45, 2.75) is 25.3 Å². The number of carboxylic acid groups (broad SMARTS) is 1. The van der Waals surface area contributed by atoms with E-state index in [1.165, 1.54) is 4.90 Å². The van der Waals surface area contributed by atoms with Gasteiger partial charge in [-0.3, -0.25) is 9.59 Å². The van der Waals surface area contributed by atoms with E-state index in [1.54, 1.807) is 0 Å². The minimum atomic E-state index is -0.958. The highest BCUT2D eigenvalue weighted by Gasteiger charge is 2.30. The zero-order valence-corrected chi connectivity index (χ0v) is 11.8.